The van der Waals surface area contributed by atoms with Crippen molar-refractivity contribution in [2.24, 2.45) is 0 Å². The van der Waals surface area contributed by atoms with Crippen LogP contribution in [0.25, 0.3) is 0 Å². The Labute approximate surface area is 218 Å². The van der Waals surface area contributed by atoms with Crippen molar-refractivity contribution in [3.8, 4) is 11.5 Å². The first kappa shape index (κ1) is 29.3. The number of ether oxygens (including phenoxy) is 2. The van der Waals surface area contributed by atoms with Gasteiger partial charge < -0.3 is 19.7 Å². The van der Waals surface area contributed by atoms with Gasteiger partial charge in [-0.2, -0.15) is 0 Å². The molecule has 0 bridgehead atoms. The fraction of sp³-hybridized carbons (Fsp3) is 0.440. The zero-order chi connectivity index (χ0) is 26.9. The predicted molar refractivity (Wildman–Crippen MR) is 141 cm³/mol. The van der Waals surface area contributed by atoms with Crippen molar-refractivity contribution in [3.63, 3.8) is 0 Å². The van der Waals surface area contributed by atoms with Gasteiger partial charge in [0.25, 0.3) is 0 Å². The zero-order valence-corrected chi connectivity index (χ0v) is 22.9. The van der Waals surface area contributed by atoms with Crippen molar-refractivity contribution < 1.29 is 27.5 Å². The lowest BCUT2D eigenvalue weighted by atomic mass is 10.1. The monoisotopic (exact) mass is 539 g/mol. The van der Waals surface area contributed by atoms with Crippen LogP contribution in [0.4, 0.5) is 5.69 Å². The van der Waals surface area contributed by atoms with Gasteiger partial charge in [-0.3, -0.25) is 13.9 Å². The Hall–Kier alpha value is -2.98. The summed E-state index contributed by atoms with van der Waals surface area (Å²) in [5.41, 5.74) is 0.785. The number of carbonyl (C=O) groups excluding carboxylic acids is 2. The number of anilines is 1. The minimum Gasteiger partial charge on any atom is -0.497 e. The van der Waals surface area contributed by atoms with Gasteiger partial charge in [0.15, 0.2) is 0 Å². The zero-order valence-electron chi connectivity index (χ0n) is 21.3. The highest BCUT2D eigenvalue weighted by Crippen LogP contribution is 2.34. The number of methoxy groups -OCH3 is 2. The normalized spacial score (nSPS) is 11.9. The number of nitrogens with zero attached hydrogens (tertiary/aromatic N) is 2. The molecular formula is C25H34ClN3O6S. The van der Waals surface area contributed by atoms with Crippen LogP contribution in [0.3, 0.4) is 0 Å². The van der Waals surface area contributed by atoms with Crippen LogP contribution in [0.2, 0.25) is 5.02 Å². The molecule has 2 aromatic rings. The second-order valence-electron chi connectivity index (χ2n) is 8.14. The fourth-order valence-corrected chi connectivity index (χ4v) is 4.72. The Kier molecular flexibility index (Phi) is 10.9. The summed E-state index contributed by atoms with van der Waals surface area (Å²) < 4.78 is 37.2. The molecule has 1 atom stereocenters. The van der Waals surface area contributed by atoms with Gasteiger partial charge in [0.1, 0.15) is 24.1 Å². The second kappa shape index (κ2) is 13.4. The molecule has 0 saturated heterocycles. The highest BCUT2D eigenvalue weighted by atomic mass is 35.5. The number of carbonyl (C=O) groups is 2. The molecule has 2 amide bonds. The van der Waals surface area contributed by atoms with Crippen LogP contribution in [0, 0.1) is 0 Å². The summed E-state index contributed by atoms with van der Waals surface area (Å²) in [6, 6.07) is 10.9. The molecular weight excluding hydrogens is 506 g/mol. The minimum absolute atomic E-state index is 0.0312. The summed E-state index contributed by atoms with van der Waals surface area (Å²) in [6.45, 7) is 3.66. The highest BCUT2D eigenvalue weighted by Gasteiger charge is 2.33. The lowest BCUT2D eigenvalue weighted by Gasteiger charge is -2.33. The van der Waals surface area contributed by atoms with Crippen LogP contribution >= 0.6 is 11.6 Å². The third kappa shape index (κ3) is 7.51. The van der Waals surface area contributed by atoms with E-state index in [0.717, 1.165) is 17.0 Å². The van der Waals surface area contributed by atoms with E-state index in [9.17, 15) is 18.0 Å². The second-order valence-corrected chi connectivity index (χ2v) is 10.4. The molecule has 0 spiro atoms. The molecule has 2 aromatic carbocycles. The molecule has 1 N–H and O–H groups in total. The maximum Gasteiger partial charge on any atom is 0.244 e. The third-order valence-electron chi connectivity index (χ3n) is 5.57. The number of benzene rings is 2. The summed E-state index contributed by atoms with van der Waals surface area (Å²) in [5.74, 6) is -0.238. The lowest BCUT2D eigenvalue weighted by molar-refractivity contribution is -0.140. The first-order valence-corrected chi connectivity index (χ1v) is 13.8. The van der Waals surface area contributed by atoms with E-state index in [1.807, 2.05) is 6.92 Å². The molecule has 2 rings (SSSR count). The van der Waals surface area contributed by atoms with E-state index < -0.39 is 28.5 Å². The summed E-state index contributed by atoms with van der Waals surface area (Å²) in [6.07, 6.45) is 2.06. The average molecular weight is 540 g/mol. The largest absolute Gasteiger partial charge is 0.497 e. The molecule has 0 fully saturated rings. The summed E-state index contributed by atoms with van der Waals surface area (Å²) in [5, 5.41) is 3.27. The van der Waals surface area contributed by atoms with Crippen LogP contribution in [0.15, 0.2) is 42.5 Å². The molecule has 198 valence electrons. The Morgan fingerprint density at radius 3 is 2.33 bits per heavy atom. The molecule has 0 heterocycles. The molecule has 36 heavy (non-hydrogen) atoms. The molecule has 1 unspecified atom stereocenters. The number of sulfonamides is 1. The van der Waals surface area contributed by atoms with Crippen LogP contribution < -0.4 is 19.1 Å². The number of amides is 2. The average Bonchev–Trinajstić information content (AvgIpc) is 2.85. The topological polar surface area (TPSA) is 105 Å². The van der Waals surface area contributed by atoms with Crippen molar-refractivity contribution in [1.29, 1.82) is 0 Å². The van der Waals surface area contributed by atoms with Crippen LogP contribution in [0.5, 0.6) is 11.5 Å². The maximum atomic E-state index is 13.7. The van der Waals surface area contributed by atoms with E-state index in [-0.39, 0.29) is 23.9 Å². The van der Waals surface area contributed by atoms with Gasteiger partial charge in [0.05, 0.1) is 26.2 Å². The van der Waals surface area contributed by atoms with Crippen molar-refractivity contribution in [2.45, 2.75) is 39.3 Å². The third-order valence-corrected chi connectivity index (χ3v) is 7.06. The van der Waals surface area contributed by atoms with Gasteiger partial charge in [0.2, 0.25) is 21.8 Å². The molecule has 0 aromatic heterocycles. The van der Waals surface area contributed by atoms with Crippen molar-refractivity contribution in [3.05, 3.63) is 53.1 Å². The van der Waals surface area contributed by atoms with Crippen LogP contribution in [-0.4, -0.2) is 64.7 Å². The summed E-state index contributed by atoms with van der Waals surface area (Å²) >= 11 is 6.36. The molecule has 0 aliphatic rings. The Morgan fingerprint density at radius 1 is 1.08 bits per heavy atom. The highest BCUT2D eigenvalue weighted by molar-refractivity contribution is 7.92. The van der Waals surface area contributed by atoms with E-state index >= 15 is 0 Å². The summed E-state index contributed by atoms with van der Waals surface area (Å²) in [7, 11) is -1.07. The number of halogens is 1. The Balaban J connectivity index is 2.53. The number of hydrogen-bond donors (Lipinski definition) is 1. The van der Waals surface area contributed by atoms with E-state index in [1.165, 1.54) is 25.2 Å². The van der Waals surface area contributed by atoms with E-state index in [2.05, 4.69) is 5.32 Å². The fourth-order valence-electron chi connectivity index (χ4n) is 3.68. The molecule has 11 heteroatoms. The van der Waals surface area contributed by atoms with Crippen LogP contribution in [0.1, 0.15) is 32.3 Å². The van der Waals surface area contributed by atoms with Gasteiger partial charge >= 0.3 is 0 Å². The van der Waals surface area contributed by atoms with Gasteiger partial charge in [-0.1, -0.05) is 43.6 Å². The smallest absolute Gasteiger partial charge is 0.244 e. The van der Waals surface area contributed by atoms with Gasteiger partial charge in [-0.05, 0) is 36.6 Å². The molecule has 0 saturated carbocycles. The van der Waals surface area contributed by atoms with Gasteiger partial charge in [-0.15, -0.1) is 0 Å². The number of rotatable bonds is 13. The summed E-state index contributed by atoms with van der Waals surface area (Å²) in [4.78, 5) is 28.1. The molecule has 0 aliphatic carbocycles. The number of hydrogen-bond acceptors (Lipinski definition) is 6. The predicted octanol–water partition coefficient (Wildman–Crippen LogP) is 3.46. The number of nitrogens with one attached hydrogen (secondary N) is 1. The minimum atomic E-state index is -3.93. The van der Waals surface area contributed by atoms with Crippen LogP contribution in [-0.2, 0) is 26.2 Å². The molecule has 9 nitrogen and oxygen atoms in total. The van der Waals surface area contributed by atoms with Gasteiger partial charge in [-0.25, -0.2) is 8.42 Å². The first-order valence-electron chi connectivity index (χ1n) is 11.6. The molecule has 0 radical (unpaired) electrons. The molecule has 0 aliphatic heterocycles. The van der Waals surface area contributed by atoms with Crippen molar-refractivity contribution >= 4 is 39.1 Å². The van der Waals surface area contributed by atoms with Crippen molar-refractivity contribution in [1.82, 2.24) is 10.2 Å². The van der Waals surface area contributed by atoms with Gasteiger partial charge in [0, 0.05) is 24.2 Å². The Bertz CT molecular complexity index is 1160. The first-order chi connectivity index (χ1) is 17.1. The maximum absolute atomic E-state index is 13.7. The lowest BCUT2D eigenvalue weighted by Crippen LogP contribution is -2.52. The SMILES string of the molecule is CCCNC(=O)C(CC)N(Cc1ccccc1Cl)C(=O)CN(c1cc(OC)ccc1OC)S(C)(=O)=O. The standard InChI is InChI=1S/C25H34ClN3O6S/c1-6-14-27-25(31)21(7-2)28(16-18-10-8-9-11-20(18)26)24(30)17-29(36(5,32)33)22-15-19(34-3)12-13-23(22)35-4/h8-13,15,21H,6-7,14,16-17H2,1-5H3,(H,27,31). The van der Waals surface area contributed by atoms with Crippen molar-refractivity contribution in [2.75, 3.05) is 37.9 Å². The van der Waals surface area contributed by atoms with E-state index in [1.54, 1.807) is 43.3 Å². The van der Waals surface area contributed by atoms with E-state index in [4.69, 9.17) is 21.1 Å². The Morgan fingerprint density at radius 2 is 1.78 bits per heavy atom. The quantitative estimate of drug-likeness (QED) is 0.418. The van der Waals surface area contributed by atoms with E-state index in [0.29, 0.717) is 29.3 Å².